The van der Waals surface area contributed by atoms with Crippen molar-refractivity contribution in [2.45, 2.75) is 26.7 Å². The molecule has 5 heteroatoms. The summed E-state index contributed by atoms with van der Waals surface area (Å²) in [6, 6.07) is 0. The van der Waals surface area contributed by atoms with Crippen LogP contribution in [0.2, 0.25) is 0 Å². The maximum absolute atomic E-state index is 11.3. The van der Waals surface area contributed by atoms with Gasteiger partial charge in [-0.3, -0.25) is 0 Å². The minimum absolute atomic E-state index is 0.248. The van der Waals surface area contributed by atoms with Crippen molar-refractivity contribution in [3.05, 3.63) is 0 Å². The van der Waals surface area contributed by atoms with Crippen LogP contribution in [0.5, 0.6) is 0 Å². The SMILES string of the molecule is CCCN(CCN)CCCS(=O)(=O)CC. The van der Waals surface area contributed by atoms with Crippen molar-refractivity contribution < 1.29 is 8.42 Å². The zero-order valence-electron chi connectivity index (χ0n) is 9.91. The highest BCUT2D eigenvalue weighted by atomic mass is 32.2. The van der Waals surface area contributed by atoms with Crippen LogP contribution in [0.15, 0.2) is 0 Å². The summed E-state index contributed by atoms with van der Waals surface area (Å²) in [5.41, 5.74) is 5.48. The number of sulfone groups is 1. The summed E-state index contributed by atoms with van der Waals surface area (Å²) in [7, 11) is -2.80. The van der Waals surface area contributed by atoms with Crippen LogP contribution in [0.4, 0.5) is 0 Å². The van der Waals surface area contributed by atoms with Crippen molar-refractivity contribution in [3.8, 4) is 0 Å². The van der Waals surface area contributed by atoms with Crippen LogP contribution >= 0.6 is 0 Å². The quantitative estimate of drug-likeness (QED) is 0.632. The summed E-state index contributed by atoms with van der Waals surface area (Å²) in [6.45, 7) is 7.15. The molecule has 0 aromatic rings. The van der Waals surface area contributed by atoms with E-state index in [2.05, 4.69) is 11.8 Å². The molecule has 15 heavy (non-hydrogen) atoms. The van der Waals surface area contributed by atoms with Gasteiger partial charge in [0.15, 0.2) is 0 Å². The summed E-state index contributed by atoms with van der Waals surface area (Å²) in [5, 5.41) is 0. The second-order valence-electron chi connectivity index (χ2n) is 3.72. The van der Waals surface area contributed by atoms with E-state index >= 15 is 0 Å². The van der Waals surface area contributed by atoms with Gasteiger partial charge in [-0.2, -0.15) is 0 Å². The Morgan fingerprint density at radius 3 is 2.27 bits per heavy atom. The van der Waals surface area contributed by atoms with Crippen molar-refractivity contribution in [1.82, 2.24) is 4.90 Å². The molecule has 0 aromatic heterocycles. The van der Waals surface area contributed by atoms with E-state index in [9.17, 15) is 8.42 Å². The second kappa shape index (κ2) is 8.07. The molecule has 0 bridgehead atoms. The van der Waals surface area contributed by atoms with E-state index in [0.717, 1.165) is 32.5 Å². The van der Waals surface area contributed by atoms with Crippen molar-refractivity contribution in [1.29, 1.82) is 0 Å². The van der Waals surface area contributed by atoms with Crippen molar-refractivity contribution in [2.75, 3.05) is 37.7 Å². The van der Waals surface area contributed by atoms with Crippen LogP contribution < -0.4 is 5.73 Å². The molecule has 0 rings (SSSR count). The van der Waals surface area contributed by atoms with E-state index in [1.54, 1.807) is 6.92 Å². The lowest BCUT2D eigenvalue weighted by Gasteiger charge is -2.20. The molecule has 0 saturated carbocycles. The molecule has 0 heterocycles. The van der Waals surface area contributed by atoms with Crippen LogP contribution in [-0.2, 0) is 9.84 Å². The van der Waals surface area contributed by atoms with Gasteiger partial charge in [-0.1, -0.05) is 13.8 Å². The van der Waals surface area contributed by atoms with Gasteiger partial charge in [-0.05, 0) is 25.9 Å². The topological polar surface area (TPSA) is 63.4 Å². The van der Waals surface area contributed by atoms with Crippen molar-refractivity contribution in [2.24, 2.45) is 5.73 Å². The zero-order valence-corrected chi connectivity index (χ0v) is 10.7. The van der Waals surface area contributed by atoms with Crippen molar-refractivity contribution >= 4 is 9.84 Å². The zero-order chi connectivity index (χ0) is 11.7. The third kappa shape index (κ3) is 7.76. The molecule has 0 amide bonds. The van der Waals surface area contributed by atoms with Gasteiger partial charge in [0.25, 0.3) is 0 Å². The molecule has 2 N–H and O–H groups in total. The van der Waals surface area contributed by atoms with Crippen LogP contribution in [0.1, 0.15) is 26.7 Å². The predicted octanol–water partition coefficient (Wildman–Crippen LogP) is 0.482. The summed E-state index contributed by atoms with van der Waals surface area (Å²) in [6.07, 6.45) is 1.80. The van der Waals surface area contributed by atoms with Gasteiger partial charge in [0, 0.05) is 18.8 Å². The first-order chi connectivity index (χ1) is 7.05. The van der Waals surface area contributed by atoms with Gasteiger partial charge in [-0.15, -0.1) is 0 Å². The lowest BCUT2D eigenvalue weighted by atomic mass is 10.3. The fourth-order valence-corrected chi connectivity index (χ4v) is 2.34. The molecule has 0 radical (unpaired) electrons. The molecule has 4 nitrogen and oxygen atoms in total. The highest BCUT2D eigenvalue weighted by Gasteiger charge is 2.08. The van der Waals surface area contributed by atoms with Crippen LogP contribution in [0.25, 0.3) is 0 Å². The Kier molecular flexibility index (Phi) is 8.00. The number of nitrogens with two attached hydrogens (primary N) is 1. The molecule has 0 aromatic carbocycles. The first kappa shape index (κ1) is 14.9. The Morgan fingerprint density at radius 2 is 1.80 bits per heavy atom. The van der Waals surface area contributed by atoms with E-state index in [0.29, 0.717) is 12.3 Å². The lowest BCUT2D eigenvalue weighted by Crippen LogP contribution is -2.32. The molecule has 0 aliphatic heterocycles. The molecule has 0 atom stereocenters. The fourth-order valence-electron chi connectivity index (χ4n) is 1.49. The summed E-state index contributed by atoms with van der Waals surface area (Å²) < 4.78 is 22.5. The second-order valence-corrected chi connectivity index (χ2v) is 6.19. The maximum atomic E-state index is 11.3. The molecule has 92 valence electrons. The average molecular weight is 236 g/mol. The smallest absolute Gasteiger partial charge is 0.150 e. The Bertz CT molecular complexity index is 234. The normalized spacial score (nSPS) is 12.3. The highest BCUT2D eigenvalue weighted by molar-refractivity contribution is 7.91. The van der Waals surface area contributed by atoms with E-state index in [4.69, 9.17) is 5.73 Å². The summed E-state index contributed by atoms with van der Waals surface area (Å²) >= 11 is 0. The monoisotopic (exact) mass is 236 g/mol. The maximum Gasteiger partial charge on any atom is 0.150 e. The molecule has 0 spiro atoms. The molecule has 0 aliphatic carbocycles. The number of nitrogens with zero attached hydrogens (tertiary/aromatic N) is 1. The Hall–Kier alpha value is -0.130. The van der Waals surface area contributed by atoms with Gasteiger partial charge in [0.1, 0.15) is 9.84 Å². The summed E-state index contributed by atoms with van der Waals surface area (Å²) in [5.74, 6) is 0.548. The van der Waals surface area contributed by atoms with Gasteiger partial charge < -0.3 is 10.6 Å². The van der Waals surface area contributed by atoms with E-state index < -0.39 is 9.84 Å². The first-order valence-corrected chi connectivity index (χ1v) is 7.50. The van der Waals surface area contributed by atoms with Gasteiger partial charge in [-0.25, -0.2) is 8.42 Å². The van der Waals surface area contributed by atoms with E-state index in [1.165, 1.54) is 0 Å². The standard InChI is InChI=1S/C10H24N2O2S/c1-3-7-12(9-6-11)8-5-10-15(13,14)4-2/h3-11H2,1-2H3. The van der Waals surface area contributed by atoms with Crippen molar-refractivity contribution in [3.63, 3.8) is 0 Å². The minimum Gasteiger partial charge on any atom is -0.329 e. The third-order valence-electron chi connectivity index (χ3n) is 2.35. The molecule has 0 unspecified atom stereocenters. The number of hydrogen-bond acceptors (Lipinski definition) is 4. The fraction of sp³-hybridized carbons (Fsp3) is 1.00. The van der Waals surface area contributed by atoms with E-state index in [-0.39, 0.29) is 5.75 Å². The number of hydrogen-bond donors (Lipinski definition) is 1. The summed E-state index contributed by atoms with van der Waals surface area (Å²) in [4.78, 5) is 2.23. The largest absolute Gasteiger partial charge is 0.329 e. The number of rotatable bonds is 9. The predicted molar refractivity (Wildman–Crippen MR) is 64.7 cm³/mol. The Labute approximate surface area is 93.7 Å². The molecule has 0 saturated heterocycles. The minimum atomic E-state index is -2.80. The Morgan fingerprint density at radius 1 is 1.13 bits per heavy atom. The first-order valence-electron chi connectivity index (χ1n) is 5.68. The van der Waals surface area contributed by atoms with Crippen LogP contribution in [-0.4, -0.2) is 51.0 Å². The lowest BCUT2D eigenvalue weighted by molar-refractivity contribution is 0.282. The van der Waals surface area contributed by atoms with Gasteiger partial charge in [0.05, 0.1) is 5.75 Å². The Balaban J connectivity index is 3.79. The van der Waals surface area contributed by atoms with Crippen LogP contribution in [0.3, 0.4) is 0 Å². The average Bonchev–Trinajstić information content (AvgIpc) is 2.18. The van der Waals surface area contributed by atoms with Gasteiger partial charge >= 0.3 is 0 Å². The third-order valence-corrected chi connectivity index (χ3v) is 4.15. The van der Waals surface area contributed by atoms with Gasteiger partial charge in [0.2, 0.25) is 0 Å². The molecular formula is C10H24N2O2S. The molecule has 0 fully saturated rings. The highest BCUT2D eigenvalue weighted by Crippen LogP contribution is 1.98. The molecular weight excluding hydrogens is 212 g/mol. The van der Waals surface area contributed by atoms with Crippen LogP contribution in [0, 0.1) is 0 Å². The van der Waals surface area contributed by atoms with E-state index in [1.807, 2.05) is 0 Å². The molecule has 0 aliphatic rings.